The molecule has 9 aromatic rings. The number of benzene rings is 9. The zero-order chi connectivity index (χ0) is 36.1. The highest BCUT2D eigenvalue weighted by Gasteiger charge is 2.15. The zero-order valence-corrected chi connectivity index (χ0v) is 26.7. The Balaban J connectivity index is 1.16. The maximum atomic E-state index is 9.43. The normalized spacial score (nSPS) is 12.4. The molecule has 0 saturated carbocycles. The molecule has 230 valence electrons. The van der Waals surface area contributed by atoms with Crippen LogP contribution in [0.1, 0.15) is 5.48 Å². The third-order valence-electron chi connectivity index (χ3n) is 9.31. The van der Waals surface area contributed by atoms with Crippen LogP contribution in [-0.2, 0) is 0 Å². The van der Waals surface area contributed by atoms with Crippen LogP contribution in [0.15, 0.2) is 200 Å². The first kappa shape index (κ1) is 24.7. The summed E-state index contributed by atoms with van der Waals surface area (Å²) in [6.45, 7) is 0. The molecular weight excluding hydrogens is 591 g/mol. The molecule has 0 spiro atoms. The fourth-order valence-corrected chi connectivity index (χ4v) is 6.94. The lowest BCUT2D eigenvalue weighted by Gasteiger charge is -2.26. The first-order valence-corrected chi connectivity index (χ1v) is 16.5. The summed E-state index contributed by atoms with van der Waals surface area (Å²) in [6, 6.07) is 58.8. The summed E-state index contributed by atoms with van der Waals surface area (Å²) in [5, 5.41) is 6.37. The van der Waals surface area contributed by atoms with Crippen LogP contribution in [0.4, 0.5) is 17.1 Å². The number of fused-ring (bicyclic) bond motifs is 4. The van der Waals surface area contributed by atoms with E-state index in [1.54, 1.807) is 0 Å². The van der Waals surface area contributed by atoms with E-state index in [1.807, 2.05) is 95.9 Å². The highest BCUT2D eigenvalue weighted by atomic mass is 15.1. The molecule has 0 aliphatic heterocycles. The van der Waals surface area contributed by atoms with Gasteiger partial charge in [-0.3, -0.25) is 0 Å². The van der Waals surface area contributed by atoms with E-state index in [0.717, 1.165) is 49.6 Å². The second kappa shape index (κ2) is 12.3. The molecular formula is C48H33N. The van der Waals surface area contributed by atoms with E-state index in [2.05, 4.69) is 84.9 Å². The van der Waals surface area contributed by atoms with Gasteiger partial charge < -0.3 is 4.90 Å². The highest BCUT2D eigenvalue weighted by molar-refractivity contribution is 6.13. The van der Waals surface area contributed by atoms with E-state index in [1.165, 1.54) is 16.3 Å². The summed E-state index contributed by atoms with van der Waals surface area (Å²) in [4.78, 5) is 1.83. The van der Waals surface area contributed by atoms with Gasteiger partial charge in [0.25, 0.3) is 0 Å². The van der Waals surface area contributed by atoms with Gasteiger partial charge in [-0.25, -0.2) is 0 Å². The molecule has 0 aliphatic carbocycles. The Morgan fingerprint density at radius 2 is 0.898 bits per heavy atom. The van der Waals surface area contributed by atoms with E-state index in [9.17, 15) is 5.48 Å². The van der Waals surface area contributed by atoms with Gasteiger partial charge in [0.05, 0.1) is 5.48 Å². The molecule has 0 unspecified atom stereocenters. The number of nitrogens with zero attached hydrogens (tertiary/aromatic N) is 1. The van der Waals surface area contributed by atoms with E-state index < -0.39 is 0 Å². The molecule has 1 nitrogen and oxygen atoms in total. The summed E-state index contributed by atoms with van der Waals surface area (Å²) >= 11 is 0. The predicted molar refractivity (Wildman–Crippen MR) is 210 cm³/mol. The van der Waals surface area contributed by atoms with Gasteiger partial charge in [0.15, 0.2) is 0 Å². The number of para-hydroxylation sites is 1. The standard InChI is InChI=1S/C48H33N/c1-2-17-40(18-3-1)49(42-30-26-36(27-31-42)48-33-39-13-5-7-20-45(39)46-21-8-9-22-47(46)48)41-28-24-34(25-29-41)37-15-10-16-38(32-37)44-23-11-14-35-12-4-6-19-43(35)44/h1-33H/i26D,27D,30D,31D. The highest BCUT2D eigenvalue weighted by Crippen LogP contribution is 2.39. The minimum Gasteiger partial charge on any atom is -0.311 e. The van der Waals surface area contributed by atoms with E-state index >= 15 is 0 Å². The van der Waals surface area contributed by atoms with Crippen molar-refractivity contribution in [3.63, 3.8) is 0 Å². The number of rotatable bonds is 6. The zero-order valence-electron chi connectivity index (χ0n) is 30.7. The lowest BCUT2D eigenvalue weighted by molar-refractivity contribution is 1.28. The average molecular weight is 628 g/mol. The Bertz CT molecular complexity index is 2800. The number of hydrogen-bond donors (Lipinski definition) is 0. The number of anilines is 3. The molecule has 49 heavy (non-hydrogen) atoms. The minimum atomic E-state index is -0.103. The van der Waals surface area contributed by atoms with Crippen LogP contribution < -0.4 is 4.90 Å². The van der Waals surface area contributed by atoms with E-state index in [0.29, 0.717) is 11.1 Å². The van der Waals surface area contributed by atoms with Gasteiger partial charge in [-0.05, 0) is 114 Å². The second-order valence-electron chi connectivity index (χ2n) is 12.2. The monoisotopic (exact) mass is 627 g/mol. The van der Waals surface area contributed by atoms with Crippen LogP contribution in [0.3, 0.4) is 0 Å². The predicted octanol–water partition coefficient (Wildman–Crippen LogP) is 13.6. The maximum absolute atomic E-state index is 9.43. The lowest BCUT2D eigenvalue weighted by atomic mass is 9.93. The van der Waals surface area contributed by atoms with Gasteiger partial charge in [0, 0.05) is 17.1 Å². The lowest BCUT2D eigenvalue weighted by Crippen LogP contribution is -2.09. The van der Waals surface area contributed by atoms with Crippen LogP contribution >= 0.6 is 0 Å². The largest absolute Gasteiger partial charge is 0.311 e. The van der Waals surface area contributed by atoms with Gasteiger partial charge in [-0.2, -0.15) is 0 Å². The topological polar surface area (TPSA) is 3.24 Å². The summed E-state index contributed by atoms with van der Waals surface area (Å²) < 4.78 is 37.6. The quantitative estimate of drug-likeness (QED) is 0.166. The molecule has 9 aromatic carbocycles. The van der Waals surface area contributed by atoms with Crippen molar-refractivity contribution < 1.29 is 5.48 Å². The molecule has 0 amide bonds. The van der Waals surface area contributed by atoms with Crippen molar-refractivity contribution in [3.8, 4) is 33.4 Å². The molecule has 0 aromatic heterocycles. The Hall–Kier alpha value is -6.44. The van der Waals surface area contributed by atoms with E-state index in [4.69, 9.17) is 0 Å². The molecule has 0 aliphatic rings. The third-order valence-corrected chi connectivity index (χ3v) is 9.31. The van der Waals surface area contributed by atoms with Gasteiger partial charge >= 0.3 is 0 Å². The van der Waals surface area contributed by atoms with Crippen LogP contribution in [0.5, 0.6) is 0 Å². The summed E-state index contributed by atoms with van der Waals surface area (Å²) in [7, 11) is 0. The van der Waals surface area contributed by atoms with Gasteiger partial charge in [-0.1, -0.05) is 152 Å². The molecule has 0 radical (unpaired) electrons. The van der Waals surface area contributed by atoms with Crippen molar-refractivity contribution in [2.75, 3.05) is 4.90 Å². The van der Waals surface area contributed by atoms with Crippen LogP contribution in [-0.4, -0.2) is 0 Å². The first-order chi connectivity index (χ1) is 26.0. The third kappa shape index (κ3) is 5.32. The summed E-state index contributed by atoms with van der Waals surface area (Å²) in [5.74, 6) is 0. The molecule has 0 bridgehead atoms. The van der Waals surface area contributed by atoms with Crippen molar-refractivity contribution in [2.24, 2.45) is 0 Å². The van der Waals surface area contributed by atoms with Crippen LogP contribution in [0.2, 0.25) is 0 Å². The fourth-order valence-electron chi connectivity index (χ4n) is 6.94. The van der Waals surface area contributed by atoms with Gasteiger partial charge in [0.2, 0.25) is 0 Å². The Morgan fingerprint density at radius 3 is 1.69 bits per heavy atom. The smallest absolute Gasteiger partial charge is 0.0645 e. The van der Waals surface area contributed by atoms with E-state index in [-0.39, 0.29) is 29.9 Å². The summed E-state index contributed by atoms with van der Waals surface area (Å²) in [5.41, 5.74) is 7.07. The Kier molecular flexibility index (Phi) is 6.20. The van der Waals surface area contributed by atoms with Gasteiger partial charge in [-0.15, -0.1) is 0 Å². The number of hydrogen-bond acceptors (Lipinski definition) is 1. The fraction of sp³-hybridized carbons (Fsp3) is 0. The molecule has 0 atom stereocenters. The van der Waals surface area contributed by atoms with Crippen LogP contribution in [0, 0.1) is 0 Å². The van der Waals surface area contributed by atoms with Crippen molar-refractivity contribution in [2.45, 2.75) is 0 Å². The molecule has 0 heterocycles. The molecule has 0 fully saturated rings. The SMILES string of the molecule is [2H]c1c([2H])c(N(c2ccccc2)c2ccc(-c3cccc(-c4cccc5ccccc45)c3)cc2)c([2H])c([2H])c1-c1cc2ccccc2c2ccccc12. The molecule has 1 heteroatoms. The molecule has 9 rings (SSSR count). The van der Waals surface area contributed by atoms with Crippen LogP contribution in [0.25, 0.3) is 65.7 Å². The van der Waals surface area contributed by atoms with Gasteiger partial charge in [0.1, 0.15) is 0 Å². The van der Waals surface area contributed by atoms with Crippen molar-refractivity contribution in [1.29, 1.82) is 0 Å². The Morgan fingerprint density at radius 1 is 0.306 bits per heavy atom. The van der Waals surface area contributed by atoms with Crippen molar-refractivity contribution >= 4 is 49.4 Å². The minimum absolute atomic E-state index is 0.0794. The summed E-state index contributed by atoms with van der Waals surface area (Å²) in [6.07, 6.45) is 0. The first-order valence-electron chi connectivity index (χ1n) is 18.5. The Labute approximate surface area is 292 Å². The average Bonchev–Trinajstić information content (AvgIpc) is 3.22. The maximum Gasteiger partial charge on any atom is 0.0645 e. The van der Waals surface area contributed by atoms with Crippen molar-refractivity contribution in [1.82, 2.24) is 0 Å². The van der Waals surface area contributed by atoms with Crippen molar-refractivity contribution in [3.05, 3.63) is 200 Å². The molecule has 0 saturated heterocycles. The molecule has 0 N–H and O–H groups in total. The second-order valence-corrected chi connectivity index (χ2v) is 12.2.